The van der Waals surface area contributed by atoms with Gasteiger partial charge in [0.2, 0.25) is 5.91 Å². The van der Waals surface area contributed by atoms with Crippen LogP contribution in [0.1, 0.15) is 17.5 Å². The van der Waals surface area contributed by atoms with Crippen molar-refractivity contribution in [2.75, 3.05) is 5.32 Å². The number of aromatic nitrogens is 1. The number of amides is 1. The Morgan fingerprint density at radius 1 is 1.15 bits per heavy atom. The number of rotatable bonds is 4. The molecule has 0 aliphatic carbocycles. The molecule has 26 heavy (non-hydrogen) atoms. The van der Waals surface area contributed by atoms with Gasteiger partial charge in [-0.05, 0) is 30.3 Å². The van der Waals surface area contributed by atoms with E-state index in [1.54, 1.807) is 30.3 Å². The minimum absolute atomic E-state index is 0. The van der Waals surface area contributed by atoms with Gasteiger partial charge in [-0.15, -0.1) is 0 Å². The smallest absolute Gasteiger partial charge is 1.00 e. The zero-order valence-electron chi connectivity index (χ0n) is 14.7. The number of halogens is 2. The van der Waals surface area contributed by atoms with E-state index in [0.29, 0.717) is 32.2 Å². The monoisotopic (exact) mass is 398 g/mol. The summed E-state index contributed by atoms with van der Waals surface area (Å²) in [6.07, 6.45) is 2.67. The maximum Gasteiger partial charge on any atom is 1.00 e. The number of aromatic carboxylic acids is 1. The summed E-state index contributed by atoms with van der Waals surface area (Å²) in [7, 11) is 0. The van der Waals surface area contributed by atoms with Gasteiger partial charge in [-0.3, -0.25) is 4.79 Å². The van der Waals surface area contributed by atoms with Crippen LogP contribution in [0.2, 0.25) is 10.0 Å². The number of para-hydroxylation sites is 1. The Morgan fingerprint density at radius 2 is 1.85 bits per heavy atom. The molecule has 128 valence electrons. The number of carbonyl (C=O) groups excluding carboxylic acids is 1. The van der Waals surface area contributed by atoms with E-state index in [2.05, 4.69) is 10.3 Å². The van der Waals surface area contributed by atoms with Gasteiger partial charge in [0.1, 0.15) is 5.69 Å². The molecule has 0 radical (unpaired) electrons. The third-order valence-corrected chi connectivity index (χ3v) is 4.03. The van der Waals surface area contributed by atoms with Crippen LogP contribution in [0.15, 0.2) is 48.5 Å². The molecule has 0 unspecified atom stereocenters. The number of nitrogens with one attached hydrogen (secondary N) is 2. The van der Waals surface area contributed by atoms with Crippen LogP contribution in [-0.4, -0.2) is 22.0 Å². The summed E-state index contributed by atoms with van der Waals surface area (Å²) in [5.74, 6) is -1.55. The molecule has 1 aromatic heterocycles. The molecule has 0 fully saturated rings. The molecule has 1 amide bonds. The first-order chi connectivity index (χ1) is 12.0. The Kier molecular flexibility index (Phi) is 6.92. The SMILES string of the molecule is O=C(/C=C/c1c(C(=O)O)[nH]c2cc(Cl)cc(Cl)c12)Nc1ccccc1.[H-].[Na+]. The van der Waals surface area contributed by atoms with Gasteiger partial charge in [0.15, 0.2) is 0 Å². The first-order valence-electron chi connectivity index (χ1n) is 7.24. The topological polar surface area (TPSA) is 82.2 Å². The molecule has 1 heterocycles. The van der Waals surface area contributed by atoms with Gasteiger partial charge in [-0.2, -0.15) is 0 Å². The van der Waals surface area contributed by atoms with Crippen molar-refractivity contribution >= 4 is 57.7 Å². The summed E-state index contributed by atoms with van der Waals surface area (Å²) in [5, 5.41) is 13.2. The number of hydrogen-bond donors (Lipinski definition) is 3. The Hall–Kier alpha value is -1.76. The van der Waals surface area contributed by atoms with Crippen LogP contribution < -0.4 is 34.9 Å². The van der Waals surface area contributed by atoms with Crippen LogP contribution in [0.3, 0.4) is 0 Å². The molecule has 0 saturated carbocycles. The van der Waals surface area contributed by atoms with E-state index in [-0.39, 0.29) is 42.6 Å². The second kappa shape index (κ2) is 8.75. The third-order valence-electron chi connectivity index (χ3n) is 3.51. The molecule has 3 rings (SSSR count). The molecular weight excluding hydrogens is 386 g/mol. The average Bonchev–Trinajstić information content (AvgIpc) is 2.93. The fourth-order valence-electron chi connectivity index (χ4n) is 2.47. The summed E-state index contributed by atoms with van der Waals surface area (Å²) in [4.78, 5) is 26.3. The van der Waals surface area contributed by atoms with E-state index in [1.165, 1.54) is 18.2 Å². The van der Waals surface area contributed by atoms with Crippen LogP contribution in [0.4, 0.5) is 5.69 Å². The number of fused-ring (bicyclic) bond motifs is 1. The van der Waals surface area contributed by atoms with Crippen molar-refractivity contribution in [3.8, 4) is 0 Å². The van der Waals surface area contributed by atoms with Gasteiger partial charge in [-0.1, -0.05) is 41.4 Å². The molecule has 8 heteroatoms. The van der Waals surface area contributed by atoms with Gasteiger partial charge in [0.25, 0.3) is 0 Å². The Bertz CT molecular complexity index is 1010. The maximum atomic E-state index is 12.1. The van der Waals surface area contributed by atoms with Gasteiger partial charge >= 0.3 is 35.5 Å². The molecule has 5 nitrogen and oxygen atoms in total. The van der Waals surface area contributed by atoms with E-state index in [1.807, 2.05) is 6.07 Å². The summed E-state index contributed by atoms with van der Waals surface area (Å²) < 4.78 is 0. The van der Waals surface area contributed by atoms with Crippen molar-refractivity contribution in [1.29, 1.82) is 0 Å². The van der Waals surface area contributed by atoms with Gasteiger partial charge in [0, 0.05) is 33.3 Å². The van der Waals surface area contributed by atoms with Gasteiger partial charge in [-0.25, -0.2) is 4.79 Å². The van der Waals surface area contributed by atoms with E-state index in [0.717, 1.165) is 0 Å². The number of carboxylic acid groups (broad SMARTS) is 1. The van der Waals surface area contributed by atoms with Crippen LogP contribution >= 0.6 is 23.2 Å². The maximum absolute atomic E-state index is 12.1. The molecule has 3 N–H and O–H groups in total. The van der Waals surface area contributed by atoms with E-state index >= 15 is 0 Å². The number of carboxylic acids is 1. The number of carbonyl (C=O) groups is 2. The van der Waals surface area contributed by atoms with E-state index in [9.17, 15) is 14.7 Å². The van der Waals surface area contributed by atoms with E-state index < -0.39 is 5.97 Å². The van der Waals surface area contributed by atoms with E-state index in [4.69, 9.17) is 23.2 Å². The van der Waals surface area contributed by atoms with Crippen molar-refractivity contribution in [2.24, 2.45) is 0 Å². The fraction of sp³-hybridized carbons (Fsp3) is 0. The number of anilines is 1. The second-order valence-corrected chi connectivity index (χ2v) is 6.06. The molecule has 0 aliphatic heterocycles. The van der Waals surface area contributed by atoms with Crippen LogP contribution in [0, 0.1) is 0 Å². The largest absolute Gasteiger partial charge is 1.00 e. The molecular formula is C18H13Cl2N2NaO3. The third kappa shape index (κ3) is 4.50. The first kappa shape index (κ1) is 20.6. The van der Waals surface area contributed by atoms with Crippen molar-refractivity contribution in [1.82, 2.24) is 4.98 Å². The first-order valence-corrected chi connectivity index (χ1v) is 7.99. The normalized spacial score (nSPS) is 10.7. The number of benzene rings is 2. The summed E-state index contributed by atoms with van der Waals surface area (Å²) in [6.45, 7) is 0. The summed E-state index contributed by atoms with van der Waals surface area (Å²) in [6, 6.07) is 12.0. The molecule has 0 saturated heterocycles. The fourth-order valence-corrected chi connectivity index (χ4v) is 3.07. The van der Waals surface area contributed by atoms with Crippen LogP contribution in [0.5, 0.6) is 0 Å². The van der Waals surface area contributed by atoms with Crippen LogP contribution in [0.25, 0.3) is 17.0 Å². The zero-order chi connectivity index (χ0) is 18.0. The number of H-pyrrole nitrogens is 1. The Labute approximate surface area is 182 Å². The summed E-state index contributed by atoms with van der Waals surface area (Å²) >= 11 is 12.1. The van der Waals surface area contributed by atoms with Crippen molar-refractivity contribution in [2.45, 2.75) is 0 Å². The van der Waals surface area contributed by atoms with Crippen molar-refractivity contribution in [3.63, 3.8) is 0 Å². The zero-order valence-corrected chi connectivity index (χ0v) is 17.2. The minimum atomic E-state index is -1.16. The summed E-state index contributed by atoms with van der Waals surface area (Å²) in [5.41, 5.74) is 1.37. The van der Waals surface area contributed by atoms with Crippen molar-refractivity contribution in [3.05, 3.63) is 69.8 Å². The molecule has 0 atom stereocenters. The average molecular weight is 399 g/mol. The Morgan fingerprint density at radius 3 is 2.50 bits per heavy atom. The standard InChI is InChI=1S/C18H12Cl2N2O3.Na.H/c19-10-8-13(20)16-12(17(18(24)25)22-14(16)9-10)6-7-15(23)21-11-4-2-1-3-5-11;;/h1-9,22H,(H,21,23)(H,24,25);;/q;+1;-1/b7-6+;;. The molecule has 3 aromatic rings. The molecule has 0 bridgehead atoms. The predicted molar refractivity (Wildman–Crippen MR) is 100 cm³/mol. The Balaban J connectivity index is 0.00000182. The number of hydrogen-bond acceptors (Lipinski definition) is 2. The molecule has 0 aliphatic rings. The number of aromatic amines is 1. The van der Waals surface area contributed by atoms with Gasteiger partial charge in [0.05, 0.1) is 5.02 Å². The van der Waals surface area contributed by atoms with Gasteiger partial charge < -0.3 is 16.8 Å². The molecule has 0 spiro atoms. The minimum Gasteiger partial charge on any atom is -1.00 e. The van der Waals surface area contributed by atoms with Crippen LogP contribution in [-0.2, 0) is 4.79 Å². The molecule has 2 aromatic carbocycles. The predicted octanol–water partition coefficient (Wildman–Crippen LogP) is 1.94. The van der Waals surface area contributed by atoms with Crippen molar-refractivity contribution < 1.29 is 45.7 Å². The quantitative estimate of drug-likeness (QED) is 0.463. The second-order valence-electron chi connectivity index (χ2n) is 5.22.